The van der Waals surface area contributed by atoms with Gasteiger partial charge in [0.2, 0.25) is 0 Å². The van der Waals surface area contributed by atoms with Crippen molar-refractivity contribution in [2.24, 2.45) is 0 Å². The van der Waals surface area contributed by atoms with E-state index in [4.69, 9.17) is 11.6 Å². The number of rotatable bonds is 2. The Labute approximate surface area is 110 Å². The van der Waals surface area contributed by atoms with Gasteiger partial charge in [-0.25, -0.2) is 4.98 Å². The van der Waals surface area contributed by atoms with Crippen LogP contribution in [0.3, 0.4) is 0 Å². The molecule has 0 aliphatic heterocycles. The molecule has 2 rings (SSSR count). The monoisotopic (exact) mass is 312 g/mol. The Morgan fingerprint density at radius 3 is 2.76 bits per heavy atom. The number of hydrogen-bond acceptors (Lipinski definition) is 4. The smallest absolute Gasteiger partial charge is 0.277 e. The molecule has 0 aliphatic rings. The molecule has 0 radical (unpaired) electrons. The van der Waals surface area contributed by atoms with Gasteiger partial charge in [-0.05, 0) is 40.2 Å². The highest BCUT2D eigenvalue weighted by molar-refractivity contribution is 9.10. The normalized spacial score (nSPS) is 10.0. The molecule has 0 saturated carbocycles. The predicted molar refractivity (Wildman–Crippen MR) is 66.9 cm³/mol. The third kappa shape index (κ3) is 2.98. The van der Waals surface area contributed by atoms with E-state index in [2.05, 4.69) is 36.4 Å². The lowest BCUT2D eigenvalue weighted by Gasteiger charge is -2.04. The van der Waals surface area contributed by atoms with E-state index < -0.39 is 5.91 Å². The van der Waals surface area contributed by atoms with Crippen LogP contribution in [0.25, 0.3) is 0 Å². The Morgan fingerprint density at radius 1 is 1.29 bits per heavy atom. The first-order chi connectivity index (χ1) is 8.16. The summed E-state index contributed by atoms with van der Waals surface area (Å²) < 4.78 is 0.690. The van der Waals surface area contributed by atoms with E-state index in [1.165, 1.54) is 12.1 Å². The van der Waals surface area contributed by atoms with Crippen molar-refractivity contribution in [2.45, 2.75) is 0 Å². The average molecular weight is 314 g/mol. The topological polar surface area (TPSA) is 67.8 Å². The van der Waals surface area contributed by atoms with Crippen molar-refractivity contribution in [1.82, 2.24) is 15.2 Å². The van der Waals surface area contributed by atoms with Crippen molar-refractivity contribution in [2.75, 3.05) is 5.32 Å². The lowest BCUT2D eigenvalue weighted by molar-refractivity contribution is 0.102. The molecule has 17 heavy (non-hydrogen) atoms. The summed E-state index contributed by atoms with van der Waals surface area (Å²) in [7, 11) is 0. The van der Waals surface area contributed by atoms with Gasteiger partial charge in [0.05, 0.1) is 4.47 Å². The van der Waals surface area contributed by atoms with Crippen molar-refractivity contribution in [3.63, 3.8) is 0 Å². The summed E-state index contributed by atoms with van der Waals surface area (Å²) in [6.45, 7) is 0. The lowest BCUT2D eigenvalue weighted by atomic mass is 10.3. The molecule has 0 spiro atoms. The van der Waals surface area contributed by atoms with E-state index in [-0.39, 0.29) is 10.8 Å². The van der Waals surface area contributed by atoms with Crippen LogP contribution in [-0.4, -0.2) is 21.1 Å². The lowest BCUT2D eigenvalue weighted by Crippen LogP contribution is -2.15. The fourth-order valence-electron chi connectivity index (χ4n) is 1.09. The molecule has 0 unspecified atom stereocenters. The van der Waals surface area contributed by atoms with E-state index in [1.807, 2.05) is 0 Å². The molecule has 0 atom stereocenters. The summed E-state index contributed by atoms with van der Waals surface area (Å²) in [4.78, 5) is 15.8. The summed E-state index contributed by atoms with van der Waals surface area (Å²) in [6, 6.07) is 6.51. The van der Waals surface area contributed by atoms with E-state index in [0.29, 0.717) is 10.3 Å². The minimum absolute atomic E-state index is 0.173. The Morgan fingerprint density at radius 2 is 2.12 bits per heavy atom. The fourth-order valence-corrected chi connectivity index (χ4v) is 1.54. The number of nitrogens with zero attached hydrogens (tertiary/aromatic N) is 3. The van der Waals surface area contributed by atoms with Crippen LogP contribution in [0.1, 0.15) is 10.5 Å². The van der Waals surface area contributed by atoms with Gasteiger partial charge in [0.1, 0.15) is 5.82 Å². The minimum Gasteiger partial charge on any atom is -0.304 e. The summed E-state index contributed by atoms with van der Waals surface area (Å²) >= 11 is 8.85. The van der Waals surface area contributed by atoms with Crippen molar-refractivity contribution in [1.29, 1.82) is 0 Å². The molecule has 86 valence electrons. The molecule has 0 aromatic carbocycles. The third-order valence-corrected chi connectivity index (χ3v) is 2.70. The number of hydrogen-bond donors (Lipinski definition) is 1. The quantitative estimate of drug-likeness (QED) is 0.925. The Hall–Kier alpha value is -1.53. The molecular formula is C10H6BrClN4O. The number of carbonyl (C=O) groups excluding carboxylic acids is 1. The van der Waals surface area contributed by atoms with Gasteiger partial charge in [-0.1, -0.05) is 11.6 Å². The molecule has 2 aromatic rings. The first-order valence-corrected chi connectivity index (χ1v) is 5.75. The molecule has 1 N–H and O–H groups in total. The fraction of sp³-hybridized carbons (Fsp3) is 0. The molecule has 5 nitrogen and oxygen atoms in total. The highest BCUT2D eigenvalue weighted by Crippen LogP contribution is 2.18. The van der Waals surface area contributed by atoms with E-state index >= 15 is 0 Å². The number of amides is 1. The van der Waals surface area contributed by atoms with E-state index in [9.17, 15) is 4.79 Å². The van der Waals surface area contributed by atoms with E-state index in [1.54, 1.807) is 18.3 Å². The van der Waals surface area contributed by atoms with Gasteiger partial charge in [-0.2, -0.15) is 0 Å². The van der Waals surface area contributed by atoms with Crippen LogP contribution >= 0.6 is 27.5 Å². The Bertz CT molecular complexity index is 546. The van der Waals surface area contributed by atoms with Crippen LogP contribution in [0.4, 0.5) is 5.82 Å². The van der Waals surface area contributed by atoms with Crippen molar-refractivity contribution < 1.29 is 4.79 Å². The largest absolute Gasteiger partial charge is 0.304 e. The first kappa shape index (κ1) is 11.9. The highest BCUT2D eigenvalue weighted by atomic mass is 79.9. The van der Waals surface area contributed by atoms with Crippen LogP contribution in [-0.2, 0) is 0 Å². The maximum Gasteiger partial charge on any atom is 0.277 e. The highest BCUT2D eigenvalue weighted by Gasteiger charge is 2.10. The summed E-state index contributed by atoms with van der Waals surface area (Å²) in [6.07, 6.45) is 1.58. The molecule has 2 heterocycles. The van der Waals surface area contributed by atoms with Crippen LogP contribution in [0.15, 0.2) is 34.9 Å². The van der Waals surface area contributed by atoms with Crippen molar-refractivity contribution >= 4 is 39.3 Å². The van der Waals surface area contributed by atoms with Gasteiger partial charge in [0, 0.05) is 6.20 Å². The van der Waals surface area contributed by atoms with Gasteiger partial charge in [-0.3, -0.25) is 4.79 Å². The summed E-state index contributed by atoms with van der Waals surface area (Å²) in [5, 5.41) is 10.1. The van der Waals surface area contributed by atoms with Crippen LogP contribution in [0.5, 0.6) is 0 Å². The minimum atomic E-state index is -0.395. The molecule has 1 amide bonds. The zero-order valence-electron chi connectivity index (χ0n) is 8.39. The molecule has 0 aliphatic carbocycles. The van der Waals surface area contributed by atoms with Crippen LogP contribution in [0, 0.1) is 0 Å². The standard InChI is InChI=1S/C10H6BrClN4O/c11-6-2-1-5-13-9(6)14-10(17)7-3-4-8(12)16-15-7/h1-5H,(H,13,14,17). The van der Waals surface area contributed by atoms with Crippen molar-refractivity contribution in [3.05, 3.63) is 45.8 Å². The zero-order chi connectivity index (χ0) is 12.3. The SMILES string of the molecule is O=C(Nc1ncccc1Br)c1ccc(Cl)nn1. The second-order valence-electron chi connectivity index (χ2n) is 3.03. The number of aromatic nitrogens is 3. The molecule has 0 saturated heterocycles. The molecular weight excluding hydrogens is 307 g/mol. The molecule has 7 heteroatoms. The number of anilines is 1. The summed E-state index contributed by atoms with van der Waals surface area (Å²) in [5.74, 6) is 0.0304. The van der Waals surface area contributed by atoms with Gasteiger partial charge < -0.3 is 5.32 Å². The second kappa shape index (κ2) is 5.20. The van der Waals surface area contributed by atoms with Gasteiger partial charge >= 0.3 is 0 Å². The number of carbonyl (C=O) groups is 1. The van der Waals surface area contributed by atoms with Gasteiger partial charge in [-0.15, -0.1) is 10.2 Å². The van der Waals surface area contributed by atoms with Gasteiger partial charge in [0.25, 0.3) is 5.91 Å². The van der Waals surface area contributed by atoms with Gasteiger partial charge in [0.15, 0.2) is 10.8 Å². The second-order valence-corrected chi connectivity index (χ2v) is 4.27. The predicted octanol–water partition coefficient (Wildman–Crippen LogP) is 2.54. The van der Waals surface area contributed by atoms with Crippen LogP contribution < -0.4 is 5.32 Å². The number of halogens is 2. The zero-order valence-corrected chi connectivity index (χ0v) is 10.7. The van der Waals surface area contributed by atoms with Crippen LogP contribution in [0.2, 0.25) is 5.15 Å². The number of nitrogens with one attached hydrogen (secondary N) is 1. The molecule has 0 fully saturated rings. The molecule has 0 bridgehead atoms. The van der Waals surface area contributed by atoms with Crippen molar-refractivity contribution in [3.8, 4) is 0 Å². The summed E-state index contributed by atoms with van der Waals surface area (Å²) in [5.41, 5.74) is 0.173. The Kier molecular flexibility index (Phi) is 3.65. The third-order valence-electron chi connectivity index (χ3n) is 1.86. The first-order valence-electron chi connectivity index (χ1n) is 4.58. The molecule has 2 aromatic heterocycles. The number of pyridine rings is 1. The maximum absolute atomic E-state index is 11.8. The Balaban J connectivity index is 2.17. The average Bonchev–Trinajstić information content (AvgIpc) is 2.33. The van der Waals surface area contributed by atoms with E-state index in [0.717, 1.165) is 0 Å². The maximum atomic E-state index is 11.8.